The smallest absolute Gasteiger partial charge is 0.293 e. The van der Waals surface area contributed by atoms with Gasteiger partial charge in [0, 0.05) is 5.56 Å². The fraction of sp³-hybridized carbons (Fsp3) is 0.158. The Kier molecular flexibility index (Phi) is 4.08. The number of ether oxygens (including phenoxy) is 1. The number of nitrogens with one attached hydrogen (secondary N) is 1. The number of amides is 1. The third-order valence-corrected chi connectivity index (χ3v) is 4.04. The minimum Gasteiger partial charge on any atom is -0.507 e. The molecule has 5 nitrogen and oxygen atoms in total. The Hall–Kier alpha value is -3.08. The lowest BCUT2D eigenvalue weighted by Gasteiger charge is -2.14. The van der Waals surface area contributed by atoms with Gasteiger partial charge >= 0.3 is 0 Å². The summed E-state index contributed by atoms with van der Waals surface area (Å²) in [5.41, 5.74) is 2.33. The molecule has 0 aromatic heterocycles. The molecule has 0 bridgehead atoms. The van der Waals surface area contributed by atoms with Gasteiger partial charge < -0.3 is 15.2 Å². The van der Waals surface area contributed by atoms with Gasteiger partial charge in [0.15, 0.2) is 0 Å². The van der Waals surface area contributed by atoms with E-state index in [0.717, 1.165) is 11.1 Å². The highest BCUT2D eigenvalue weighted by atomic mass is 16.5. The van der Waals surface area contributed by atoms with E-state index < -0.39 is 17.7 Å². The molecule has 0 spiro atoms. The minimum absolute atomic E-state index is 0.0639. The molecule has 1 aliphatic heterocycles. The maximum Gasteiger partial charge on any atom is 0.293 e. The molecule has 1 saturated heterocycles. The van der Waals surface area contributed by atoms with Gasteiger partial charge in [-0.05, 0) is 36.8 Å². The normalized spacial score (nSPS) is 19.2. The van der Waals surface area contributed by atoms with E-state index in [1.165, 1.54) is 0 Å². The standard InChI is InChI=1S/C19H17NO4/c1-11-3-5-12(6-4-11)16-15(18(22)19(23)20-16)17(21)13-7-9-14(24-2)10-8-13/h3-10,16,21H,1-2H3,(H,20,23)/b17-15+/t16-/m0/s1. The molecule has 5 heteroatoms. The lowest BCUT2D eigenvalue weighted by molar-refractivity contribution is -0.133. The fourth-order valence-corrected chi connectivity index (χ4v) is 2.68. The summed E-state index contributed by atoms with van der Waals surface area (Å²) in [5.74, 6) is -0.991. The number of hydrogen-bond donors (Lipinski definition) is 2. The van der Waals surface area contributed by atoms with Crippen molar-refractivity contribution < 1.29 is 19.4 Å². The van der Waals surface area contributed by atoms with E-state index in [2.05, 4.69) is 5.32 Å². The molecular formula is C19H17NO4. The first-order chi connectivity index (χ1) is 11.5. The van der Waals surface area contributed by atoms with Gasteiger partial charge in [0.25, 0.3) is 11.7 Å². The van der Waals surface area contributed by atoms with Crippen LogP contribution in [-0.4, -0.2) is 23.9 Å². The fourth-order valence-electron chi connectivity index (χ4n) is 2.68. The number of rotatable bonds is 3. The first-order valence-corrected chi connectivity index (χ1v) is 7.50. The molecule has 24 heavy (non-hydrogen) atoms. The molecule has 2 aromatic rings. The average Bonchev–Trinajstić information content (AvgIpc) is 2.90. The monoisotopic (exact) mass is 323 g/mol. The molecule has 2 aromatic carbocycles. The van der Waals surface area contributed by atoms with E-state index in [4.69, 9.17) is 4.74 Å². The lowest BCUT2D eigenvalue weighted by atomic mass is 9.95. The topological polar surface area (TPSA) is 75.6 Å². The molecule has 1 amide bonds. The Balaban J connectivity index is 2.07. The Morgan fingerprint density at radius 1 is 1.04 bits per heavy atom. The zero-order chi connectivity index (χ0) is 17.3. The Morgan fingerprint density at radius 2 is 1.67 bits per heavy atom. The van der Waals surface area contributed by atoms with Gasteiger partial charge in [-0.1, -0.05) is 29.8 Å². The predicted molar refractivity (Wildman–Crippen MR) is 89.6 cm³/mol. The maximum atomic E-state index is 12.2. The van der Waals surface area contributed by atoms with Crippen molar-refractivity contribution in [1.82, 2.24) is 5.32 Å². The van der Waals surface area contributed by atoms with E-state index in [-0.39, 0.29) is 11.3 Å². The number of aryl methyl sites for hydroxylation is 1. The van der Waals surface area contributed by atoms with Crippen molar-refractivity contribution in [2.75, 3.05) is 7.11 Å². The summed E-state index contributed by atoms with van der Waals surface area (Å²) in [5, 5.41) is 13.2. The van der Waals surface area contributed by atoms with Gasteiger partial charge in [0.1, 0.15) is 11.5 Å². The molecule has 1 atom stereocenters. The van der Waals surface area contributed by atoms with Crippen LogP contribution in [0.25, 0.3) is 5.76 Å². The molecule has 1 aliphatic rings. The van der Waals surface area contributed by atoms with Crippen LogP contribution >= 0.6 is 0 Å². The van der Waals surface area contributed by atoms with Gasteiger partial charge in [0.2, 0.25) is 0 Å². The molecule has 3 rings (SSSR count). The highest BCUT2D eigenvalue weighted by Crippen LogP contribution is 2.33. The van der Waals surface area contributed by atoms with Crippen molar-refractivity contribution in [1.29, 1.82) is 0 Å². The first kappa shape index (κ1) is 15.8. The van der Waals surface area contributed by atoms with E-state index in [0.29, 0.717) is 11.3 Å². The van der Waals surface area contributed by atoms with Crippen molar-refractivity contribution in [3.63, 3.8) is 0 Å². The maximum absolute atomic E-state index is 12.2. The average molecular weight is 323 g/mol. The summed E-state index contributed by atoms with van der Waals surface area (Å²) in [4.78, 5) is 24.1. The number of hydrogen-bond acceptors (Lipinski definition) is 4. The number of Topliss-reactive ketones (excluding diaryl/α,β-unsaturated/α-hetero) is 1. The zero-order valence-electron chi connectivity index (χ0n) is 13.4. The van der Waals surface area contributed by atoms with Crippen LogP contribution in [-0.2, 0) is 9.59 Å². The second-order valence-electron chi connectivity index (χ2n) is 5.64. The minimum atomic E-state index is -0.714. The number of carbonyl (C=O) groups excluding carboxylic acids is 2. The van der Waals surface area contributed by atoms with Crippen molar-refractivity contribution in [3.8, 4) is 5.75 Å². The summed E-state index contributed by atoms with van der Waals surface area (Å²) >= 11 is 0. The van der Waals surface area contributed by atoms with Gasteiger partial charge in [-0.15, -0.1) is 0 Å². The number of ketones is 1. The van der Waals surface area contributed by atoms with Crippen LogP contribution in [0, 0.1) is 6.92 Å². The molecule has 0 aliphatic carbocycles. The van der Waals surface area contributed by atoms with Crippen LogP contribution in [0.3, 0.4) is 0 Å². The molecule has 0 radical (unpaired) electrons. The van der Waals surface area contributed by atoms with Gasteiger partial charge in [-0.25, -0.2) is 0 Å². The van der Waals surface area contributed by atoms with E-state index in [9.17, 15) is 14.7 Å². The molecule has 0 unspecified atom stereocenters. The Morgan fingerprint density at radius 3 is 2.25 bits per heavy atom. The van der Waals surface area contributed by atoms with E-state index in [1.807, 2.05) is 31.2 Å². The zero-order valence-corrected chi connectivity index (χ0v) is 13.4. The van der Waals surface area contributed by atoms with Gasteiger partial charge in [-0.3, -0.25) is 9.59 Å². The number of benzene rings is 2. The van der Waals surface area contributed by atoms with Crippen LogP contribution in [0.15, 0.2) is 54.1 Å². The van der Waals surface area contributed by atoms with Gasteiger partial charge in [-0.2, -0.15) is 0 Å². The van der Waals surface area contributed by atoms with Gasteiger partial charge in [0.05, 0.1) is 18.7 Å². The number of carbonyl (C=O) groups is 2. The quantitative estimate of drug-likeness (QED) is 0.517. The summed E-state index contributed by atoms with van der Waals surface area (Å²) in [6, 6.07) is 13.4. The Bertz CT molecular complexity index is 819. The highest BCUT2D eigenvalue weighted by molar-refractivity contribution is 6.46. The summed E-state index contributed by atoms with van der Waals surface area (Å²) in [6.07, 6.45) is 0. The summed E-state index contributed by atoms with van der Waals surface area (Å²) in [6.45, 7) is 1.95. The van der Waals surface area contributed by atoms with Crippen molar-refractivity contribution in [3.05, 3.63) is 70.8 Å². The van der Waals surface area contributed by atoms with Crippen LogP contribution in [0.2, 0.25) is 0 Å². The summed E-state index contributed by atoms with van der Waals surface area (Å²) < 4.78 is 5.08. The number of aliphatic hydroxyl groups is 1. The Labute approximate surface area is 139 Å². The van der Waals surface area contributed by atoms with Crippen LogP contribution < -0.4 is 10.1 Å². The molecule has 2 N–H and O–H groups in total. The number of methoxy groups -OCH3 is 1. The van der Waals surface area contributed by atoms with Crippen molar-refractivity contribution >= 4 is 17.4 Å². The van der Waals surface area contributed by atoms with Crippen molar-refractivity contribution in [2.24, 2.45) is 0 Å². The second-order valence-corrected chi connectivity index (χ2v) is 5.64. The SMILES string of the molecule is COc1ccc(/C(O)=C2\C(=O)C(=O)N[C@H]2c2ccc(C)cc2)cc1. The third kappa shape index (κ3) is 2.76. The van der Waals surface area contributed by atoms with E-state index in [1.54, 1.807) is 31.4 Å². The molecular weight excluding hydrogens is 306 g/mol. The van der Waals surface area contributed by atoms with Crippen LogP contribution in [0.1, 0.15) is 22.7 Å². The lowest BCUT2D eigenvalue weighted by Crippen LogP contribution is -2.21. The van der Waals surface area contributed by atoms with E-state index >= 15 is 0 Å². The second kappa shape index (κ2) is 6.20. The van der Waals surface area contributed by atoms with Crippen LogP contribution in [0.4, 0.5) is 0 Å². The third-order valence-electron chi connectivity index (χ3n) is 4.04. The molecule has 0 saturated carbocycles. The van der Waals surface area contributed by atoms with Crippen molar-refractivity contribution in [2.45, 2.75) is 13.0 Å². The highest BCUT2D eigenvalue weighted by Gasteiger charge is 2.39. The first-order valence-electron chi connectivity index (χ1n) is 7.50. The number of aliphatic hydroxyl groups excluding tert-OH is 1. The summed E-state index contributed by atoms with van der Waals surface area (Å²) in [7, 11) is 1.55. The molecule has 1 heterocycles. The molecule has 1 fully saturated rings. The molecule has 122 valence electrons. The van der Waals surface area contributed by atoms with Crippen LogP contribution in [0.5, 0.6) is 5.75 Å². The largest absolute Gasteiger partial charge is 0.507 e. The predicted octanol–water partition coefficient (Wildman–Crippen LogP) is 2.71.